The second-order valence-electron chi connectivity index (χ2n) is 14.2. The third kappa shape index (κ3) is 37.5. The molecule has 0 bridgehead atoms. The molecule has 0 aromatic rings. The Balaban J connectivity index is 0. The molecule has 282 valence electrons. The number of ether oxygens (including phenoxy) is 2. The van der Waals surface area contributed by atoms with Crippen molar-refractivity contribution in [1.82, 2.24) is 0 Å². The Labute approximate surface area is 292 Å². The number of unbranched alkanes of at least 4 members (excludes halogenated alkanes) is 24. The fraction of sp³-hybridized carbons (Fsp3) is 0.951. The van der Waals surface area contributed by atoms with E-state index >= 15 is 0 Å². The molecule has 6 nitrogen and oxygen atoms in total. The molecule has 0 rings (SSSR count). The van der Waals surface area contributed by atoms with Crippen LogP contribution in [0.4, 0.5) is 0 Å². The molecule has 0 aliphatic heterocycles. The summed E-state index contributed by atoms with van der Waals surface area (Å²) in [6.45, 7) is 10.2. The molecular formula is C41H82O6. The van der Waals surface area contributed by atoms with Gasteiger partial charge in [-0.15, -0.1) is 0 Å². The molecule has 0 aliphatic carbocycles. The zero-order valence-corrected chi connectivity index (χ0v) is 32.2. The summed E-state index contributed by atoms with van der Waals surface area (Å²) in [5.41, 5.74) is 0. The molecular weight excluding hydrogens is 588 g/mol. The van der Waals surface area contributed by atoms with Crippen molar-refractivity contribution in [2.75, 3.05) is 19.8 Å². The van der Waals surface area contributed by atoms with Gasteiger partial charge >= 0.3 is 11.9 Å². The molecule has 47 heavy (non-hydrogen) atoms. The highest BCUT2D eigenvalue weighted by Gasteiger charge is 2.20. The molecule has 6 heteroatoms. The minimum Gasteiger partial charge on any atom is -0.462 e. The Morgan fingerprint density at radius 2 is 0.723 bits per heavy atom. The van der Waals surface area contributed by atoms with E-state index in [-0.39, 0.29) is 43.6 Å². The maximum absolute atomic E-state index is 12.5. The van der Waals surface area contributed by atoms with Crippen LogP contribution in [0, 0.1) is 11.8 Å². The number of hydrogen-bond acceptors (Lipinski definition) is 6. The maximum atomic E-state index is 12.5. The van der Waals surface area contributed by atoms with Gasteiger partial charge in [-0.25, -0.2) is 0 Å². The van der Waals surface area contributed by atoms with E-state index in [0.717, 1.165) is 25.7 Å². The minimum atomic E-state index is -0.394. The molecule has 2 N–H and O–H groups in total. The fourth-order valence-electron chi connectivity index (χ4n) is 5.86. The van der Waals surface area contributed by atoms with Crippen LogP contribution in [-0.2, 0) is 19.1 Å². The fourth-order valence-corrected chi connectivity index (χ4v) is 5.86. The van der Waals surface area contributed by atoms with E-state index in [1.54, 1.807) is 0 Å². The summed E-state index contributed by atoms with van der Waals surface area (Å²) in [7, 11) is 0. The molecule has 0 aromatic carbocycles. The Kier molecular flexibility index (Phi) is 40.1. The van der Waals surface area contributed by atoms with Crippen LogP contribution in [0.15, 0.2) is 0 Å². The second kappa shape index (κ2) is 39.3. The van der Waals surface area contributed by atoms with Crippen LogP contribution in [0.5, 0.6) is 0 Å². The van der Waals surface area contributed by atoms with Gasteiger partial charge in [-0.3, -0.25) is 9.59 Å². The Hall–Kier alpha value is -1.14. The first-order valence-corrected chi connectivity index (χ1v) is 20.4. The number of aliphatic hydroxyl groups is 2. The number of hydrogen-bond donors (Lipinski definition) is 2. The Morgan fingerprint density at radius 1 is 0.447 bits per heavy atom. The van der Waals surface area contributed by atoms with Crippen molar-refractivity contribution >= 4 is 11.9 Å². The van der Waals surface area contributed by atoms with Gasteiger partial charge in [0.05, 0.1) is 25.0 Å². The van der Waals surface area contributed by atoms with Crippen molar-refractivity contribution in [2.24, 2.45) is 11.8 Å². The first-order valence-electron chi connectivity index (χ1n) is 20.4. The highest BCUT2D eigenvalue weighted by atomic mass is 16.6. The number of carbonyl (C=O) groups is 2. The lowest BCUT2D eigenvalue weighted by molar-refractivity contribution is -0.162. The van der Waals surface area contributed by atoms with Gasteiger partial charge in [0.2, 0.25) is 0 Å². The molecule has 0 aliphatic rings. The zero-order chi connectivity index (χ0) is 35.2. The van der Waals surface area contributed by atoms with Crippen LogP contribution >= 0.6 is 0 Å². The van der Waals surface area contributed by atoms with Crippen molar-refractivity contribution in [3.8, 4) is 0 Å². The van der Waals surface area contributed by atoms with Crippen molar-refractivity contribution in [3.63, 3.8) is 0 Å². The van der Waals surface area contributed by atoms with Gasteiger partial charge in [0.25, 0.3) is 0 Å². The van der Waals surface area contributed by atoms with Crippen molar-refractivity contribution in [2.45, 2.75) is 221 Å². The largest absolute Gasteiger partial charge is 0.462 e. The Bertz CT molecular complexity index is 637. The van der Waals surface area contributed by atoms with Crippen molar-refractivity contribution in [1.29, 1.82) is 0 Å². The zero-order valence-electron chi connectivity index (χ0n) is 32.2. The normalized spacial score (nSPS) is 13.0. The Morgan fingerprint density at radius 3 is 1.02 bits per heavy atom. The van der Waals surface area contributed by atoms with Gasteiger partial charge in [-0.05, 0) is 19.8 Å². The number of esters is 2. The summed E-state index contributed by atoms with van der Waals surface area (Å²) in [6, 6.07) is 0. The van der Waals surface area contributed by atoms with E-state index in [0.29, 0.717) is 0 Å². The van der Waals surface area contributed by atoms with E-state index in [9.17, 15) is 9.59 Å². The van der Waals surface area contributed by atoms with E-state index in [1.165, 1.54) is 154 Å². The molecule has 0 aromatic heterocycles. The van der Waals surface area contributed by atoms with Gasteiger partial charge in [0.1, 0.15) is 12.7 Å². The van der Waals surface area contributed by atoms with E-state index in [2.05, 4.69) is 13.8 Å². The number of rotatable bonds is 34. The predicted octanol–water partition coefficient (Wildman–Crippen LogP) is 11.7. The van der Waals surface area contributed by atoms with Crippen LogP contribution in [-0.4, -0.2) is 48.1 Å². The summed E-state index contributed by atoms with van der Waals surface area (Å²) >= 11 is 0. The van der Waals surface area contributed by atoms with Gasteiger partial charge in [-0.1, -0.05) is 195 Å². The van der Waals surface area contributed by atoms with Crippen LogP contribution in [0.2, 0.25) is 0 Å². The number of carbonyl (C=O) groups excluding carboxylic acids is 2. The average Bonchev–Trinajstić information content (AvgIpc) is 3.07. The van der Waals surface area contributed by atoms with Gasteiger partial charge < -0.3 is 19.7 Å². The molecule has 0 heterocycles. The number of aliphatic hydroxyl groups excluding tert-OH is 2. The van der Waals surface area contributed by atoms with Crippen LogP contribution in [0.3, 0.4) is 0 Å². The smallest absolute Gasteiger partial charge is 0.309 e. The third-order valence-electron chi connectivity index (χ3n) is 9.16. The molecule has 0 fully saturated rings. The van der Waals surface area contributed by atoms with Gasteiger partial charge in [0, 0.05) is 0 Å². The molecule has 3 unspecified atom stereocenters. The summed E-state index contributed by atoms with van der Waals surface area (Å²) < 4.78 is 11.0. The lowest BCUT2D eigenvalue weighted by Gasteiger charge is -2.18. The summed E-state index contributed by atoms with van der Waals surface area (Å²) in [5, 5.41) is 15.2. The van der Waals surface area contributed by atoms with Crippen molar-refractivity contribution < 1.29 is 29.3 Å². The molecule has 0 spiro atoms. The molecule has 0 amide bonds. The van der Waals surface area contributed by atoms with Crippen molar-refractivity contribution in [3.05, 3.63) is 0 Å². The quantitative estimate of drug-likeness (QED) is 0.0523. The SMILES string of the molecule is CCCCCCCCCCCCCCCC(C)C(=O)OCC(C)OC(=O)C(C)CCCCCCCCCCCCCCC.OCCO. The highest BCUT2D eigenvalue weighted by molar-refractivity contribution is 5.73. The van der Waals surface area contributed by atoms with Crippen LogP contribution < -0.4 is 0 Å². The van der Waals surface area contributed by atoms with Gasteiger partial charge in [0.15, 0.2) is 0 Å². The van der Waals surface area contributed by atoms with E-state index < -0.39 is 6.10 Å². The topological polar surface area (TPSA) is 93.1 Å². The predicted molar refractivity (Wildman–Crippen MR) is 200 cm³/mol. The summed E-state index contributed by atoms with van der Waals surface area (Å²) in [6.07, 6.45) is 36.0. The van der Waals surface area contributed by atoms with E-state index in [1.807, 2.05) is 20.8 Å². The third-order valence-corrected chi connectivity index (χ3v) is 9.16. The van der Waals surface area contributed by atoms with Crippen LogP contribution in [0.1, 0.15) is 214 Å². The molecule has 0 radical (unpaired) electrons. The first-order chi connectivity index (χ1) is 22.8. The summed E-state index contributed by atoms with van der Waals surface area (Å²) in [5.74, 6) is -0.519. The standard InChI is InChI=1S/C39H76O4.C2H6O2/c1-6-8-10-12-14-16-18-20-22-24-26-28-30-32-35(3)38(40)42-34-37(5)43-39(41)36(4)33-31-29-27-25-23-21-19-17-15-13-11-9-7-2;3-1-2-4/h35-37H,6-34H2,1-5H3;3-4H,1-2H2. The molecule has 0 saturated heterocycles. The molecule has 0 saturated carbocycles. The molecule has 3 atom stereocenters. The first kappa shape index (κ1) is 48.0. The summed E-state index contributed by atoms with van der Waals surface area (Å²) in [4.78, 5) is 24.9. The monoisotopic (exact) mass is 671 g/mol. The second-order valence-corrected chi connectivity index (χ2v) is 14.2. The lowest BCUT2D eigenvalue weighted by atomic mass is 10.0. The van der Waals surface area contributed by atoms with E-state index in [4.69, 9.17) is 19.7 Å². The highest BCUT2D eigenvalue weighted by Crippen LogP contribution is 2.18. The average molecular weight is 671 g/mol. The minimum absolute atomic E-state index is 0.0925. The maximum Gasteiger partial charge on any atom is 0.309 e. The lowest BCUT2D eigenvalue weighted by Crippen LogP contribution is -2.27. The van der Waals surface area contributed by atoms with Gasteiger partial charge in [-0.2, -0.15) is 0 Å². The van der Waals surface area contributed by atoms with Crippen LogP contribution in [0.25, 0.3) is 0 Å².